The molecule has 1 amide bonds. The molecule has 0 atom stereocenters. The van der Waals surface area contributed by atoms with E-state index in [1.807, 2.05) is 13.0 Å². The second kappa shape index (κ2) is 8.42. The van der Waals surface area contributed by atoms with Crippen molar-refractivity contribution in [3.63, 3.8) is 0 Å². The van der Waals surface area contributed by atoms with Crippen LogP contribution in [0.5, 0.6) is 0 Å². The summed E-state index contributed by atoms with van der Waals surface area (Å²) in [7, 11) is 0. The summed E-state index contributed by atoms with van der Waals surface area (Å²) in [5.41, 5.74) is 2.58. The number of para-hydroxylation sites is 1. The van der Waals surface area contributed by atoms with Crippen LogP contribution < -0.4 is 10.9 Å². The minimum absolute atomic E-state index is 0.0344. The van der Waals surface area contributed by atoms with Gasteiger partial charge in [0.2, 0.25) is 5.91 Å². The standard InChI is InChI=1S/C22H20N6O4/c1-14-4-3-5-18-21(14)23-13-26(22(18)30)11-10-20(29)24-19-12-15(2)25-27(19)16-6-8-17(9-7-16)28(31)32/h3-9,12-13H,10-11H2,1-2H3,(H,24,29). The van der Waals surface area contributed by atoms with Crippen LogP contribution in [0.4, 0.5) is 11.5 Å². The topological polar surface area (TPSA) is 125 Å². The van der Waals surface area contributed by atoms with Crippen molar-refractivity contribution in [1.82, 2.24) is 19.3 Å². The SMILES string of the molecule is Cc1cc(NC(=O)CCn2cnc3c(C)cccc3c2=O)n(-c2ccc([N+](=O)[O-])cc2)n1. The van der Waals surface area contributed by atoms with Gasteiger partial charge >= 0.3 is 0 Å². The van der Waals surface area contributed by atoms with E-state index >= 15 is 0 Å². The van der Waals surface area contributed by atoms with Crippen LogP contribution >= 0.6 is 0 Å². The molecule has 2 heterocycles. The molecule has 162 valence electrons. The number of carbonyl (C=O) groups excluding carboxylic acids is 1. The van der Waals surface area contributed by atoms with Crippen molar-refractivity contribution in [2.75, 3.05) is 5.32 Å². The summed E-state index contributed by atoms with van der Waals surface area (Å²) in [5, 5.41) is 18.5. The van der Waals surface area contributed by atoms with Gasteiger partial charge in [-0.2, -0.15) is 5.10 Å². The van der Waals surface area contributed by atoms with Gasteiger partial charge < -0.3 is 5.32 Å². The average Bonchev–Trinajstić information content (AvgIpc) is 3.13. The Morgan fingerprint density at radius 2 is 1.91 bits per heavy atom. The zero-order chi connectivity index (χ0) is 22.8. The minimum atomic E-state index is -0.480. The van der Waals surface area contributed by atoms with Crippen molar-refractivity contribution in [3.8, 4) is 5.69 Å². The zero-order valence-electron chi connectivity index (χ0n) is 17.5. The second-order valence-corrected chi connectivity index (χ2v) is 7.37. The van der Waals surface area contributed by atoms with Crippen LogP contribution in [0.25, 0.3) is 16.6 Å². The fraction of sp³-hybridized carbons (Fsp3) is 0.182. The number of carbonyl (C=O) groups is 1. The number of hydrogen-bond acceptors (Lipinski definition) is 6. The highest BCUT2D eigenvalue weighted by Gasteiger charge is 2.13. The van der Waals surface area contributed by atoms with Crippen molar-refractivity contribution in [2.45, 2.75) is 26.8 Å². The third kappa shape index (κ3) is 4.10. The van der Waals surface area contributed by atoms with E-state index in [0.29, 0.717) is 28.1 Å². The van der Waals surface area contributed by atoms with Gasteiger partial charge in [0, 0.05) is 31.2 Å². The molecule has 0 aliphatic carbocycles. The molecule has 10 nitrogen and oxygen atoms in total. The third-order valence-electron chi connectivity index (χ3n) is 5.04. The molecule has 0 spiro atoms. The van der Waals surface area contributed by atoms with E-state index in [2.05, 4.69) is 15.4 Å². The number of fused-ring (bicyclic) bond motifs is 1. The van der Waals surface area contributed by atoms with Gasteiger partial charge in [-0.1, -0.05) is 12.1 Å². The normalized spacial score (nSPS) is 10.9. The Balaban J connectivity index is 1.50. The number of nitrogens with zero attached hydrogens (tertiary/aromatic N) is 5. The number of anilines is 1. The van der Waals surface area contributed by atoms with E-state index in [-0.39, 0.29) is 30.1 Å². The third-order valence-corrected chi connectivity index (χ3v) is 5.04. The monoisotopic (exact) mass is 432 g/mol. The van der Waals surface area contributed by atoms with E-state index in [1.165, 1.54) is 27.7 Å². The molecule has 1 N–H and O–H groups in total. The summed E-state index contributed by atoms with van der Waals surface area (Å²) in [5.74, 6) is 0.130. The first kappa shape index (κ1) is 20.9. The van der Waals surface area contributed by atoms with Gasteiger partial charge in [-0.05, 0) is 37.6 Å². The van der Waals surface area contributed by atoms with Gasteiger partial charge in [-0.25, -0.2) is 9.67 Å². The maximum Gasteiger partial charge on any atom is 0.269 e. The number of aromatic nitrogens is 4. The molecule has 0 saturated carbocycles. The largest absolute Gasteiger partial charge is 0.311 e. The van der Waals surface area contributed by atoms with Crippen molar-refractivity contribution in [3.05, 3.63) is 86.6 Å². The first-order valence-corrected chi connectivity index (χ1v) is 9.89. The van der Waals surface area contributed by atoms with Crippen LogP contribution in [0.1, 0.15) is 17.7 Å². The quantitative estimate of drug-likeness (QED) is 0.369. The molecule has 4 aromatic rings. The molecule has 0 saturated heterocycles. The highest BCUT2D eigenvalue weighted by atomic mass is 16.6. The van der Waals surface area contributed by atoms with Crippen LogP contribution in [-0.4, -0.2) is 30.2 Å². The summed E-state index contributed by atoms with van der Waals surface area (Å²) in [4.78, 5) is 40.0. The molecule has 0 bridgehead atoms. The van der Waals surface area contributed by atoms with Gasteiger partial charge in [-0.15, -0.1) is 0 Å². The van der Waals surface area contributed by atoms with Gasteiger partial charge in [0.05, 0.1) is 33.5 Å². The first-order valence-electron chi connectivity index (χ1n) is 9.89. The number of benzene rings is 2. The lowest BCUT2D eigenvalue weighted by Crippen LogP contribution is -2.24. The Labute approximate surface area is 182 Å². The van der Waals surface area contributed by atoms with Gasteiger partial charge in [-0.3, -0.25) is 24.3 Å². The van der Waals surface area contributed by atoms with E-state index in [9.17, 15) is 19.7 Å². The lowest BCUT2D eigenvalue weighted by Gasteiger charge is -2.10. The summed E-state index contributed by atoms with van der Waals surface area (Å²) >= 11 is 0. The Kier molecular flexibility index (Phi) is 5.50. The fourth-order valence-electron chi connectivity index (χ4n) is 3.42. The number of nitro groups is 1. The molecule has 0 fully saturated rings. The molecule has 0 aliphatic heterocycles. The van der Waals surface area contributed by atoms with Crippen LogP contribution in [0.2, 0.25) is 0 Å². The molecule has 2 aromatic heterocycles. The smallest absolute Gasteiger partial charge is 0.269 e. The van der Waals surface area contributed by atoms with Crippen LogP contribution in [0, 0.1) is 24.0 Å². The fourth-order valence-corrected chi connectivity index (χ4v) is 3.42. The van der Waals surface area contributed by atoms with Crippen molar-refractivity contribution < 1.29 is 9.72 Å². The Morgan fingerprint density at radius 3 is 2.62 bits per heavy atom. The lowest BCUT2D eigenvalue weighted by atomic mass is 10.1. The van der Waals surface area contributed by atoms with Gasteiger partial charge in [0.25, 0.3) is 11.2 Å². The molecule has 2 aromatic carbocycles. The molecule has 0 aliphatic rings. The zero-order valence-corrected chi connectivity index (χ0v) is 17.5. The minimum Gasteiger partial charge on any atom is -0.311 e. The molecule has 10 heteroatoms. The predicted octanol–water partition coefficient (Wildman–Crippen LogP) is 3.14. The summed E-state index contributed by atoms with van der Waals surface area (Å²) in [6.45, 7) is 3.84. The number of amides is 1. The van der Waals surface area contributed by atoms with Crippen LogP contribution in [-0.2, 0) is 11.3 Å². The van der Waals surface area contributed by atoms with Crippen molar-refractivity contribution in [1.29, 1.82) is 0 Å². The molecular formula is C22H20N6O4. The summed E-state index contributed by atoms with van der Waals surface area (Å²) < 4.78 is 2.92. The summed E-state index contributed by atoms with van der Waals surface area (Å²) in [6.07, 6.45) is 1.51. The van der Waals surface area contributed by atoms with Gasteiger partial charge in [0.1, 0.15) is 5.82 Å². The van der Waals surface area contributed by atoms with Crippen LogP contribution in [0.3, 0.4) is 0 Å². The lowest BCUT2D eigenvalue weighted by molar-refractivity contribution is -0.384. The highest BCUT2D eigenvalue weighted by Crippen LogP contribution is 2.20. The number of aryl methyl sites for hydroxylation is 3. The Bertz CT molecular complexity index is 1390. The van der Waals surface area contributed by atoms with Crippen LogP contribution in [0.15, 0.2) is 59.7 Å². The highest BCUT2D eigenvalue weighted by molar-refractivity contribution is 5.90. The average molecular weight is 432 g/mol. The van der Waals surface area contributed by atoms with E-state index < -0.39 is 4.92 Å². The first-order chi connectivity index (χ1) is 15.3. The second-order valence-electron chi connectivity index (χ2n) is 7.37. The van der Waals surface area contributed by atoms with Crippen molar-refractivity contribution >= 4 is 28.3 Å². The Hall–Kier alpha value is -4.34. The number of non-ortho nitro benzene ring substituents is 1. The van der Waals surface area contributed by atoms with E-state index in [0.717, 1.165) is 5.56 Å². The number of nitrogens with one attached hydrogen (secondary N) is 1. The van der Waals surface area contributed by atoms with E-state index in [4.69, 9.17) is 0 Å². The summed E-state index contributed by atoms with van der Waals surface area (Å²) in [6, 6.07) is 13.0. The van der Waals surface area contributed by atoms with Gasteiger partial charge in [0.15, 0.2) is 0 Å². The maximum atomic E-state index is 12.7. The molecule has 4 rings (SSSR count). The predicted molar refractivity (Wildman–Crippen MR) is 119 cm³/mol. The van der Waals surface area contributed by atoms with E-state index in [1.54, 1.807) is 37.3 Å². The number of rotatable bonds is 6. The molecular weight excluding hydrogens is 412 g/mol. The Morgan fingerprint density at radius 1 is 1.16 bits per heavy atom. The van der Waals surface area contributed by atoms with Crippen molar-refractivity contribution in [2.24, 2.45) is 0 Å². The molecule has 0 radical (unpaired) electrons. The number of nitro benzene ring substituents is 1. The maximum absolute atomic E-state index is 12.7. The molecule has 32 heavy (non-hydrogen) atoms. The molecule has 0 unspecified atom stereocenters. The number of hydrogen-bond donors (Lipinski definition) is 1.